The van der Waals surface area contributed by atoms with Gasteiger partial charge in [-0.2, -0.15) is 0 Å². The maximum Gasteiger partial charge on any atom is 0.335 e. The van der Waals surface area contributed by atoms with E-state index in [0.717, 1.165) is 18.2 Å². The van der Waals surface area contributed by atoms with Gasteiger partial charge in [0.15, 0.2) is 0 Å². The molecule has 0 aliphatic carbocycles. The molecule has 68 valence electrons. The summed E-state index contributed by atoms with van der Waals surface area (Å²) in [5, 5.41) is 0. The molecule has 0 amide bonds. The van der Waals surface area contributed by atoms with Crippen LogP contribution in [0.5, 0.6) is 5.75 Å². The zero-order chi connectivity index (χ0) is 9.84. The molecule has 0 spiro atoms. The van der Waals surface area contributed by atoms with Crippen molar-refractivity contribution in [1.29, 1.82) is 0 Å². The first-order valence-corrected chi connectivity index (χ1v) is 3.42. The lowest BCUT2D eigenvalue weighted by Crippen LogP contribution is -2.03. The fourth-order valence-electron chi connectivity index (χ4n) is 0.745. The minimum Gasteiger partial charge on any atom is -0.423 e. The molecule has 13 heavy (non-hydrogen) atoms. The molecule has 0 aromatic heterocycles. The van der Waals surface area contributed by atoms with Crippen molar-refractivity contribution in [3.05, 3.63) is 42.5 Å². The number of halogens is 2. The smallest absolute Gasteiger partial charge is 0.335 e. The molecule has 0 radical (unpaired) electrons. The highest BCUT2D eigenvalue weighted by molar-refractivity contribution is 5.83. The van der Waals surface area contributed by atoms with Gasteiger partial charge < -0.3 is 4.74 Å². The molecule has 1 aromatic carbocycles. The fourth-order valence-corrected chi connectivity index (χ4v) is 0.745. The molecule has 0 N–H and O–H groups in total. The van der Waals surface area contributed by atoms with Gasteiger partial charge in [0, 0.05) is 24.3 Å². The molecule has 1 rings (SSSR count). The van der Waals surface area contributed by atoms with Crippen LogP contribution in [0.15, 0.2) is 30.9 Å². The molecule has 0 aliphatic heterocycles. The summed E-state index contributed by atoms with van der Waals surface area (Å²) in [7, 11) is 0. The van der Waals surface area contributed by atoms with Crippen molar-refractivity contribution < 1.29 is 18.3 Å². The van der Waals surface area contributed by atoms with Crippen molar-refractivity contribution >= 4 is 5.97 Å². The summed E-state index contributed by atoms with van der Waals surface area (Å²) in [6.07, 6.45) is 0.906. The number of hydrogen-bond acceptors (Lipinski definition) is 2. The minimum absolute atomic E-state index is 0.178. The molecule has 0 saturated carbocycles. The maximum atomic E-state index is 12.5. The van der Waals surface area contributed by atoms with E-state index < -0.39 is 17.6 Å². The summed E-state index contributed by atoms with van der Waals surface area (Å²) < 4.78 is 29.5. The van der Waals surface area contributed by atoms with E-state index in [9.17, 15) is 13.6 Å². The molecule has 0 saturated heterocycles. The van der Waals surface area contributed by atoms with E-state index in [-0.39, 0.29) is 5.75 Å². The van der Waals surface area contributed by atoms with E-state index in [2.05, 4.69) is 11.3 Å². The largest absolute Gasteiger partial charge is 0.423 e. The van der Waals surface area contributed by atoms with E-state index >= 15 is 0 Å². The normalized spacial score (nSPS) is 9.38. The summed E-state index contributed by atoms with van der Waals surface area (Å²) in [5.41, 5.74) is 0. The molecular weight excluding hydrogens is 178 g/mol. The van der Waals surface area contributed by atoms with Crippen molar-refractivity contribution in [1.82, 2.24) is 0 Å². The Morgan fingerprint density at radius 2 is 1.85 bits per heavy atom. The average molecular weight is 184 g/mol. The maximum absolute atomic E-state index is 12.5. The molecule has 1 aromatic rings. The van der Waals surface area contributed by atoms with Gasteiger partial charge in [-0.1, -0.05) is 6.58 Å². The third kappa shape index (κ3) is 2.66. The predicted molar refractivity (Wildman–Crippen MR) is 42.2 cm³/mol. The molecule has 0 aliphatic rings. The summed E-state index contributed by atoms with van der Waals surface area (Å²) in [6, 6.07) is 2.50. The van der Waals surface area contributed by atoms with Gasteiger partial charge >= 0.3 is 5.97 Å². The third-order valence-corrected chi connectivity index (χ3v) is 1.22. The fraction of sp³-hybridized carbons (Fsp3) is 0. The predicted octanol–water partition coefficient (Wildman–Crippen LogP) is 2.06. The quantitative estimate of drug-likeness (QED) is 0.399. The van der Waals surface area contributed by atoms with E-state index in [1.54, 1.807) is 0 Å². The summed E-state index contributed by atoms with van der Waals surface area (Å²) in [6.45, 7) is 3.14. The minimum atomic E-state index is -0.799. The number of benzene rings is 1. The Labute approximate surface area is 73.4 Å². The van der Waals surface area contributed by atoms with Gasteiger partial charge in [-0.3, -0.25) is 0 Å². The number of esters is 1. The van der Waals surface area contributed by atoms with Gasteiger partial charge in [-0.15, -0.1) is 0 Å². The third-order valence-electron chi connectivity index (χ3n) is 1.22. The Morgan fingerprint density at radius 1 is 1.31 bits per heavy atom. The van der Waals surface area contributed by atoms with Gasteiger partial charge in [0.2, 0.25) is 0 Å². The van der Waals surface area contributed by atoms with E-state index in [1.165, 1.54) is 0 Å². The first-order chi connectivity index (χ1) is 6.11. The van der Waals surface area contributed by atoms with Crippen LogP contribution in [0.4, 0.5) is 8.78 Å². The zero-order valence-electron chi connectivity index (χ0n) is 6.59. The van der Waals surface area contributed by atoms with Crippen molar-refractivity contribution in [3.63, 3.8) is 0 Å². The van der Waals surface area contributed by atoms with Gasteiger partial charge in [0.05, 0.1) is 0 Å². The van der Waals surface area contributed by atoms with E-state index in [4.69, 9.17) is 0 Å². The summed E-state index contributed by atoms with van der Waals surface area (Å²) >= 11 is 0. The van der Waals surface area contributed by atoms with Crippen LogP contribution in [-0.4, -0.2) is 5.97 Å². The van der Waals surface area contributed by atoms with Crippen LogP contribution in [0, 0.1) is 11.6 Å². The van der Waals surface area contributed by atoms with Gasteiger partial charge in [-0.25, -0.2) is 13.6 Å². The SMILES string of the molecule is C=CC(=O)Oc1cc(F)cc(F)c1. The highest BCUT2D eigenvalue weighted by Crippen LogP contribution is 2.15. The molecule has 4 heteroatoms. The first kappa shape index (κ1) is 9.38. The highest BCUT2D eigenvalue weighted by atomic mass is 19.1. The average Bonchev–Trinajstić information content (AvgIpc) is 2.02. The number of ether oxygens (including phenoxy) is 1. The molecule has 0 fully saturated rings. The Morgan fingerprint density at radius 3 is 2.31 bits per heavy atom. The molecule has 0 unspecified atom stereocenters. The Kier molecular flexibility index (Phi) is 2.74. The second kappa shape index (κ2) is 3.80. The zero-order valence-corrected chi connectivity index (χ0v) is 6.59. The Balaban J connectivity index is 2.89. The number of hydrogen-bond donors (Lipinski definition) is 0. The Hall–Kier alpha value is -1.71. The van der Waals surface area contributed by atoms with Crippen LogP contribution in [0.3, 0.4) is 0 Å². The van der Waals surface area contributed by atoms with Crippen LogP contribution in [0.2, 0.25) is 0 Å². The van der Waals surface area contributed by atoms with E-state index in [1.807, 2.05) is 0 Å². The lowest BCUT2D eigenvalue weighted by molar-refractivity contribution is -0.128. The molecule has 2 nitrogen and oxygen atoms in total. The van der Waals surface area contributed by atoms with Crippen LogP contribution < -0.4 is 4.74 Å². The van der Waals surface area contributed by atoms with Crippen molar-refractivity contribution in [2.45, 2.75) is 0 Å². The van der Waals surface area contributed by atoms with Crippen LogP contribution in [-0.2, 0) is 4.79 Å². The van der Waals surface area contributed by atoms with Crippen LogP contribution in [0.1, 0.15) is 0 Å². The number of carbonyl (C=O) groups excluding carboxylic acids is 1. The van der Waals surface area contributed by atoms with Gasteiger partial charge in [0.25, 0.3) is 0 Å². The lowest BCUT2D eigenvalue weighted by atomic mass is 10.3. The van der Waals surface area contributed by atoms with Crippen molar-refractivity contribution in [3.8, 4) is 5.75 Å². The van der Waals surface area contributed by atoms with Gasteiger partial charge in [0.1, 0.15) is 17.4 Å². The standard InChI is InChI=1S/C9H6F2O2/c1-2-9(12)13-8-4-6(10)3-7(11)5-8/h2-5H,1H2. The summed E-state index contributed by atoms with van der Waals surface area (Å²) in [4.78, 5) is 10.6. The highest BCUT2D eigenvalue weighted by Gasteiger charge is 2.03. The van der Waals surface area contributed by atoms with Crippen LogP contribution in [0.25, 0.3) is 0 Å². The van der Waals surface area contributed by atoms with Crippen LogP contribution >= 0.6 is 0 Å². The number of rotatable bonds is 2. The Bertz CT molecular complexity index is 327. The summed E-state index contributed by atoms with van der Waals surface area (Å²) in [5.74, 6) is -2.54. The first-order valence-electron chi connectivity index (χ1n) is 3.42. The van der Waals surface area contributed by atoms with E-state index in [0.29, 0.717) is 6.07 Å². The lowest BCUT2D eigenvalue weighted by Gasteiger charge is -2.00. The van der Waals surface area contributed by atoms with Gasteiger partial charge in [-0.05, 0) is 0 Å². The monoisotopic (exact) mass is 184 g/mol. The second-order valence-corrected chi connectivity index (χ2v) is 2.23. The molecule has 0 heterocycles. The van der Waals surface area contributed by atoms with Crippen molar-refractivity contribution in [2.75, 3.05) is 0 Å². The topological polar surface area (TPSA) is 26.3 Å². The number of carbonyl (C=O) groups is 1. The van der Waals surface area contributed by atoms with Crippen molar-refractivity contribution in [2.24, 2.45) is 0 Å². The molecule has 0 atom stereocenters. The molecular formula is C9H6F2O2. The molecule has 0 bridgehead atoms. The second-order valence-electron chi connectivity index (χ2n) is 2.23.